The summed E-state index contributed by atoms with van der Waals surface area (Å²) in [7, 11) is 0. The summed E-state index contributed by atoms with van der Waals surface area (Å²) in [5, 5.41) is 12.4. The van der Waals surface area contributed by atoms with Crippen molar-refractivity contribution in [3.63, 3.8) is 0 Å². The second-order valence-corrected chi connectivity index (χ2v) is 4.37. The number of aliphatic carboxylic acids is 1. The molecule has 0 saturated heterocycles. The van der Waals surface area contributed by atoms with E-state index in [0.29, 0.717) is 6.42 Å². The predicted octanol–water partition coefficient (Wildman–Crippen LogP) is 2.70. The zero-order valence-corrected chi connectivity index (χ0v) is 8.32. The van der Waals surface area contributed by atoms with Crippen LogP contribution in [0.4, 0.5) is 0 Å². The third-order valence-electron chi connectivity index (χ3n) is 1.42. The molecular formula is C8H10O2S2. The maximum atomic E-state index is 10.6. The van der Waals surface area contributed by atoms with Crippen molar-refractivity contribution in [1.82, 2.24) is 0 Å². The molecular weight excluding hydrogens is 192 g/mol. The van der Waals surface area contributed by atoms with Crippen LogP contribution in [0, 0.1) is 0 Å². The highest BCUT2D eigenvalue weighted by molar-refractivity contribution is 8.00. The summed E-state index contributed by atoms with van der Waals surface area (Å²) in [4.78, 5) is 11.7. The summed E-state index contributed by atoms with van der Waals surface area (Å²) in [6.45, 7) is 1.89. The van der Waals surface area contributed by atoms with Gasteiger partial charge < -0.3 is 5.11 Å². The van der Waals surface area contributed by atoms with E-state index in [4.69, 9.17) is 5.11 Å². The van der Waals surface area contributed by atoms with E-state index in [1.54, 1.807) is 11.3 Å². The van der Waals surface area contributed by atoms with Crippen molar-refractivity contribution in [2.75, 3.05) is 0 Å². The van der Waals surface area contributed by atoms with Crippen LogP contribution < -0.4 is 0 Å². The van der Waals surface area contributed by atoms with Gasteiger partial charge in [0.1, 0.15) is 5.25 Å². The Balaban J connectivity index is 2.54. The first kappa shape index (κ1) is 9.61. The summed E-state index contributed by atoms with van der Waals surface area (Å²) < 4.78 is 0. The van der Waals surface area contributed by atoms with Crippen molar-refractivity contribution >= 4 is 29.1 Å². The Kier molecular flexibility index (Phi) is 3.62. The minimum Gasteiger partial charge on any atom is -0.480 e. The van der Waals surface area contributed by atoms with E-state index < -0.39 is 5.97 Å². The van der Waals surface area contributed by atoms with Gasteiger partial charge in [-0.3, -0.25) is 4.79 Å². The number of carboxylic acid groups (broad SMARTS) is 1. The number of hydrogen-bond acceptors (Lipinski definition) is 3. The van der Waals surface area contributed by atoms with Gasteiger partial charge >= 0.3 is 5.97 Å². The molecule has 0 amide bonds. The van der Waals surface area contributed by atoms with Gasteiger partial charge in [0.2, 0.25) is 0 Å². The van der Waals surface area contributed by atoms with Crippen LogP contribution in [0.1, 0.15) is 13.3 Å². The molecule has 1 atom stereocenters. The van der Waals surface area contributed by atoms with Crippen molar-refractivity contribution in [2.24, 2.45) is 0 Å². The van der Waals surface area contributed by atoms with Gasteiger partial charge in [0.05, 0.1) is 0 Å². The minimum atomic E-state index is -0.728. The van der Waals surface area contributed by atoms with Crippen LogP contribution in [0.25, 0.3) is 0 Å². The van der Waals surface area contributed by atoms with Crippen LogP contribution in [0.15, 0.2) is 21.7 Å². The van der Waals surface area contributed by atoms with Gasteiger partial charge in [-0.25, -0.2) is 0 Å². The molecule has 0 aliphatic heterocycles. The van der Waals surface area contributed by atoms with Crippen LogP contribution in [-0.4, -0.2) is 16.3 Å². The normalized spacial score (nSPS) is 12.8. The van der Waals surface area contributed by atoms with Gasteiger partial charge in [0.15, 0.2) is 0 Å². The highest BCUT2D eigenvalue weighted by atomic mass is 32.2. The lowest BCUT2D eigenvalue weighted by molar-refractivity contribution is -0.136. The standard InChI is InChI=1S/C8H10O2S2/c1-2-7(8(9)10)12-6-3-4-11-5-6/h3-5,7H,2H2,1H3,(H,9,10). The Morgan fingerprint density at radius 3 is 3.00 bits per heavy atom. The highest BCUT2D eigenvalue weighted by Crippen LogP contribution is 2.27. The monoisotopic (exact) mass is 202 g/mol. The fourth-order valence-electron chi connectivity index (χ4n) is 0.792. The molecule has 1 heterocycles. The molecule has 0 radical (unpaired) electrons. The van der Waals surface area contributed by atoms with Crippen LogP contribution in [0.5, 0.6) is 0 Å². The Hall–Kier alpha value is -0.480. The van der Waals surface area contributed by atoms with E-state index in [0.717, 1.165) is 4.90 Å². The Morgan fingerprint density at radius 2 is 2.58 bits per heavy atom. The van der Waals surface area contributed by atoms with Crippen LogP contribution >= 0.6 is 23.1 Å². The van der Waals surface area contributed by atoms with Gasteiger partial charge in [0.25, 0.3) is 0 Å². The van der Waals surface area contributed by atoms with E-state index in [2.05, 4.69) is 0 Å². The average Bonchev–Trinajstić information content (AvgIpc) is 2.51. The average molecular weight is 202 g/mol. The van der Waals surface area contributed by atoms with Crippen molar-refractivity contribution in [2.45, 2.75) is 23.5 Å². The molecule has 1 aromatic heterocycles. The molecule has 0 saturated carbocycles. The fraction of sp³-hybridized carbons (Fsp3) is 0.375. The molecule has 0 aliphatic carbocycles. The maximum Gasteiger partial charge on any atom is 0.316 e. The van der Waals surface area contributed by atoms with Crippen LogP contribution in [-0.2, 0) is 4.79 Å². The third kappa shape index (κ3) is 2.53. The second kappa shape index (κ2) is 4.52. The zero-order valence-electron chi connectivity index (χ0n) is 6.69. The topological polar surface area (TPSA) is 37.3 Å². The molecule has 1 unspecified atom stereocenters. The first-order valence-corrected chi connectivity index (χ1v) is 5.48. The van der Waals surface area contributed by atoms with Gasteiger partial charge in [-0.05, 0) is 17.9 Å². The lowest BCUT2D eigenvalue weighted by Gasteiger charge is -2.06. The lowest BCUT2D eigenvalue weighted by Crippen LogP contribution is -2.14. The SMILES string of the molecule is CCC(Sc1ccsc1)C(=O)O. The minimum absolute atomic E-state index is 0.306. The third-order valence-corrected chi connectivity index (χ3v) is 3.60. The molecule has 0 fully saturated rings. The highest BCUT2D eigenvalue weighted by Gasteiger charge is 2.15. The molecule has 2 nitrogen and oxygen atoms in total. The molecule has 66 valence electrons. The lowest BCUT2D eigenvalue weighted by atomic mass is 10.3. The van der Waals surface area contributed by atoms with Crippen molar-refractivity contribution < 1.29 is 9.90 Å². The summed E-state index contributed by atoms with van der Waals surface area (Å²) in [5.74, 6) is -0.728. The number of carboxylic acids is 1. The van der Waals surface area contributed by atoms with E-state index in [1.165, 1.54) is 11.8 Å². The van der Waals surface area contributed by atoms with E-state index >= 15 is 0 Å². The molecule has 0 aromatic carbocycles. The quantitative estimate of drug-likeness (QED) is 0.763. The van der Waals surface area contributed by atoms with Crippen LogP contribution in [0.2, 0.25) is 0 Å². The van der Waals surface area contributed by atoms with Crippen LogP contribution in [0.3, 0.4) is 0 Å². The zero-order chi connectivity index (χ0) is 8.97. The Labute approximate surface area is 79.6 Å². The summed E-state index contributed by atoms with van der Waals surface area (Å²) >= 11 is 3.00. The molecule has 1 rings (SSSR count). The Morgan fingerprint density at radius 1 is 1.83 bits per heavy atom. The number of carbonyl (C=O) groups is 1. The molecule has 0 bridgehead atoms. The Bertz CT molecular complexity index is 244. The smallest absolute Gasteiger partial charge is 0.316 e. The van der Waals surface area contributed by atoms with Gasteiger partial charge in [-0.2, -0.15) is 11.3 Å². The van der Waals surface area contributed by atoms with Gasteiger partial charge in [-0.1, -0.05) is 6.92 Å². The molecule has 0 spiro atoms. The molecule has 12 heavy (non-hydrogen) atoms. The predicted molar refractivity (Wildman–Crippen MR) is 51.9 cm³/mol. The van der Waals surface area contributed by atoms with Crippen molar-refractivity contribution in [3.05, 3.63) is 16.8 Å². The molecule has 1 aromatic rings. The molecule has 4 heteroatoms. The number of hydrogen-bond donors (Lipinski definition) is 1. The number of rotatable bonds is 4. The first-order valence-electron chi connectivity index (χ1n) is 3.65. The van der Waals surface area contributed by atoms with Gasteiger partial charge in [-0.15, -0.1) is 11.8 Å². The summed E-state index contributed by atoms with van der Waals surface area (Å²) in [6.07, 6.45) is 0.663. The van der Waals surface area contributed by atoms with E-state index in [9.17, 15) is 4.79 Å². The number of thiophene rings is 1. The van der Waals surface area contributed by atoms with E-state index in [-0.39, 0.29) is 5.25 Å². The summed E-state index contributed by atoms with van der Waals surface area (Å²) in [5.41, 5.74) is 0. The number of thioether (sulfide) groups is 1. The summed E-state index contributed by atoms with van der Waals surface area (Å²) in [6, 6.07) is 1.95. The molecule has 0 aliphatic rings. The van der Waals surface area contributed by atoms with Crippen molar-refractivity contribution in [3.8, 4) is 0 Å². The first-order chi connectivity index (χ1) is 5.74. The second-order valence-electron chi connectivity index (χ2n) is 2.31. The van der Waals surface area contributed by atoms with Gasteiger partial charge in [0, 0.05) is 10.3 Å². The fourth-order valence-corrected chi connectivity index (χ4v) is 2.53. The maximum absolute atomic E-state index is 10.6. The van der Waals surface area contributed by atoms with Crippen molar-refractivity contribution in [1.29, 1.82) is 0 Å². The largest absolute Gasteiger partial charge is 0.480 e. The van der Waals surface area contributed by atoms with E-state index in [1.807, 2.05) is 23.8 Å². The molecule has 1 N–H and O–H groups in total.